The second-order valence-corrected chi connectivity index (χ2v) is 5.35. The van der Waals surface area contributed by atoms with Crippen LogP contribution < -0.4 is 5.32 Å². The van der Waals surface area contributed by atoms with Crippen molar-refractivity contribution in [1.82, 2.24) is 15.5 Å². The first-order chi connectivity index (χ1) is 9.11. The summed E-state index contributed by atoms with van der Waals surface area (Å²) in [5, 5.41) is 11.7. The summed E-state index contributed by atoms with van der Waals surface area (Å²) in [6.07, 6.45) is 2.83. The molecule has 0 aliphatic carbocycles. The zero-order chi connectivity index (χ0) is 13.8. The van der Waals surface area contributed by atoms with E-state index in [2.05, 4.69) is 22.4 Å². The molecule has 1 aromatic carbocycles. The fourth-order valence-corrected chi connectivity index (χ4v) is 2.32. The Hall–Kier alpha value is -1.03. The fraction of sp³-hybridized carbons (Fsp3) is 0.357. The minimum Gasteiger partial charge on any atom is -0.306 e. The van der Waals surface area contributed by atoms with Gasteiger partial charge in [-0.15, -0.1) is 0 Å². The maximum atomic E-state index is 6.07. The summed E-state index contributed by atoms with van der Waals surface area (Å²) in [4.78, 5) is 0. The molecule has 1 aromatic heterocycles. The van der Waals surface area contributed by atoms with Crippen LogP contribution in [0.5, 0.6) is 0 Å². The Labute approximate surface area is 123 Å². The molecule has 0 aliphatic rings. The standard InChI is InChI=1S/C14H17Cl2N3/c1-3-14(10-4-5-12(15)13(16)6-10)17-7-11-8-18-19-9(11)2/h4-6,8,14,17H,3,7H2,1-2H3,(H,18,19). The third-order valence-corrected chi connectivity index (χ3v) is 3.97. The number of aryl methyl sites for hydroxylation is 1. The highest BCUT2D eigenvalue weighted by Gasteiger charge is 2.11. The molecule has 2 N–H and O–H groups in total. The maximum Gasteiger partial charge on any atom is 0.0595 e. The monoisotopic (exact) mass is 297 g/mol. The number of H-pyrrole nitrogens is 1. The zero-order valence-electron chi connectivity index (χ0n) is 11.0. The Balaban J connectivity index is 2.07. The Morgan fingerprint density at radius 3 is 2.68 bits per heavy atom. The number of aromatic nitrogens is 2. The minimum absolute atomic E-state index is 0.254. The lowest BCUT2D eigenvalue weighted by atomic mass is 10.0. The fourth-order valence-electron chi connectivity index (χ4n) is 2.01. The molecule has 0 spiro atoms. The summed E-state index contributed by atoms with van der Waals surface area (Å²) in [6.45, 7) is 4.94. The van der Waals surface area contributed by atoms with Crippen molar-refractivity contribution in [3.8, 4) is 0 Å². The van der Waals surface area contributed by atoms with Crippen LogP contribution in [0.15, 0.2) is 24.4 Å². The largest absolute Gasteiger partial charge is 0.306 e. The normalized spacial score (nSPS) is 12.6. The van der Waals surface area contributed by atoms with E-state index in [1.54, 1.807) is 0 Å². The molecule has 3 nitrogen and oxygen atoms in total. The average molecular weight is 298 g/mol. The number of benzene rings is 1. The lowest BCUT2D eigenvalue weighted by molar-refractivity contribution is 0.518. The van der Waals surface area contributed by atoms with Gasteiger partial charge in [-0.05, 0) is 31.0 Å². The predicted octanol–water partition coefficient (Wildman–Crippen LogP) is 4.27. The van der Waals surface area contributed by atoms with Gasteiger partial charge >= 0.3 is 0 Å². The molecule has 0 aliphatic heterocycles. The Morgan fingerprint density at radius 1 is 1.32 bits per heavy atom. The summed E-state index contributed by atoms with van der Waals surface area (Å²) >= 11 is 12.0. The molecule has 19 heavy (non-hydrogen) atoms. The third-order valence-electron chi connectivity index (χ3n) is 3.23. The number of halogens is 2. The average Bonchev–Trinajstić information content (AvgIpc) is 2.80. The van der Waals surface area contributed by atoms with Crippen LogP contribution in [0.3, 0.4) is 0 Å². The first-order valence-electron chi connectivity index (χ1n) is 6.29. The van der Waals surface area contributed by atoms with E-state index >= 15 is 0 Å². The molecule has 102 valence electrons. The molecule has 0 fully saturated rings. The first kappa shape index (κ1) is 14.4. The van der Waals surface area contributed by atoms with Gasteiger partial charge in [-0.3, -0.25) is 5.10 Å². The second kappa shape index (κ2) is 6.42. The Bertz CT molecular complexity index is 551. The highest BCUT2D eigenvalue weighted by atomic mass is 35.5. The van der Waals surface area contributed by atoms with Gasteiger partial charge in [0.2, 0.25) is 0 Å². The highest BCUT2D eigenvalue weighted by Crippen LogP contribution is 2.27. The first-order valence-corrected chi connectivity index (χ1v) is 7.04. The molecule has 1 atom stereocenters. The van der Waals surface area contributed by atoms with E-state index in [1.807, 2.05) is 31.3 Å². The van der Waals surface area contributed by atoms with Crippen molar-refractivity contribution in [3.63, 3.8) is 0 Å². The topological polar surface area (TPSA) is 40.7 Å². The van der Waals surface area contributed by atoms with Crippen LogP contribution in [0.25, 0.3) is 0 Å². The van der Waals surface area contributed by atoms with Gasteiger partial charge in [0.05, 0.1) is 16.2 Å². The van der Waals surface area contributed by atoms with Crippen LogP contribution >= 0.6 is 23.2 Å². The van der Waals surface area contributed by atoms with Gasteiger partial charge in [0.25, 0.3) is 0 Å². The van der Waals surface area contributed by atoms with Gasteiger partial charge in [-0.25, -0.2) is 0 Å². The van der Waals surface area contributed by atoms with Crippen LogP contribution in [0.4, 0.5) is 0 Å². The maximum absolute atomic E-state index is 6.07. The number of nitrogens with one attached hydrogen (secondary N) is 2. The number of hydrogen-bond donors (Lipinski definition) is 2. The van der Waals surface area contributed by atoms with Crippen LogP contribution in [-0.2, 0) is 6.54 Å². The van der Waals surface area contributed by atoms with Gasteiger partial charge in [0.1, 0.15) is 0 Å². The minimum atomic E-state index is 0.254. The SMILES string of the molecule is CCC(NCc1cn[nH]c1C)c1ccc(Cl)c(Cl)c1. The van der Waals surface area contributed by atoms with Crippen molar-refractivity contribution in [1.29, 1.82) is 0 Å². The second-order valence-electron chi connectivity index (χ2n) is 4.54. The molecule has 0 radical (unpaired) electrons. The molecule has 5 heteroatoms. The van der Waals surface area contributed by atoms with E-state index in [1.165, 1.54) is 5.56 Å². The summed E-state index contributed by atoms with van der Waals surface area (Å²) < 4.78 is 0. The summed E-state index contributed by atoms with van der Waals surface area (Å²) in [6, 6.07) is 6.03. The van der Waals surface area contributed by atoms with Crippen molar-refractivity contribution >= 4 is 23.2 Å². The zero-order valence-corrected chi connectivity index (χ0v) is 12.5. The lowest BCUT2D eigenvalue weighted by Gasteiger charge is -2.18. The van der Waals surface area contributed by atoms with Gasteiger partial charge in [0, 0.05) is 23.8 Å². The van der Waals surface area contributed by atoms with Crippen LogP contribution in [0, 0.1) is 6.92 Å². The van der Waals surface area contributed by atoms with Gasteiger partial charge in [0.15, 0.2) is 0 Å². The van der Waals surface area contributed by atoms with Crippen LogP contribution in [0.2, 0.25) is 10.0 Å². The van der Waals surface area contributed by atoms with E-state index in [9.17, 15) is 0 Å². The molecule has 0 saturated carbocycles. The van der Waals surface area contributed by atoms with Crippen molar-refractivity contribution in [3.05, 3.63) is 51.3 Å². The molecule has 0 bridgehead atoms. The molecule has 2 aromatic rings. The molecular weight excluding hydrogens is 281 g/mol. The summed E-state index contributed by atoms with van der Waals surface area (Å²) in [5.41, 5.74) is 3.42. The van der Waals surface area contributed by atoms with Crippen LogP contribution in [0.1, 0.15) is 36.2 Å². The lowest BCUT2D eigenvalue weighted by Crippen LogP contribution is -2.20. The Morgan fingerprint density at radius 2 is 2.11 bits per heavy atom. The number of aromatic amines is 1. The quantitative estimate of drug-likeness (QED) is 0.865. The van der Waals surface area contributed by atoms with Gasteiger partial charge in [-0.2, -0.15) is 5.10 Å². The molecule has 1 unspecified atom stereocenters. The van der Waals surface area contributed by atoms with E-state index in [-0.39, 0.29) is 6.04 Å². The van der Waals surface area contributed by atoms with Crippen molar-refractivity contribution in [2.75, 3.05) is 0 Å². The number of nitrogens with zero attached hydrogens (tertiary/aromatic N) is 1. The highest BCUT2D eigenvalue weighted by molar-refractivity contribution is 6.42. The molecule has 1 heterocycles. The van der Waals surface area contributed by atoms with Gasteiger partial charge in [-0.1, -0.05) is 36.2 Å². The van der Waals surface area contributed by atoms with Crippen molar-refractivity contribution < 1.29 is 0 Å². The van der Waals surface area contributed by atoms with E-state index in [4.69, 9.17) is 23.2 Å². The van der Waals surface area contributed by atoms with E-state index in [0.717, 1.165) is 24.2 Å². The van der Waals surface area contributed by atoms with Crippen LogP contribution in [-0.4, -0.2) is 10.2 Å². The molecule has 0 amide bonds. The molecular formula is C14H17Cl2N3. The smallest absolute Gasteiger partial charge is 0.0595 e. The van der Waals surface area contributed by atoms with Crippen molar-refractivity contribution in [2.45, 2.75) is 32.9 Å². The molecule has 0 saturated heterocycles. The molecule has 2 rings (SSSR count). The summed E-state index contributed by atoms with van der Waals surface area (Å²) in [5.74, 6) is 0. The van der Waals surface area contributed by atoms with Crippen molar-refractivity contribution in [2.24, 2.45) is 0 Å². The van der Waals surface area contributed by atoms with E-state index in [0.29, 0.717) is 10.0 Å². The third kappa shape index (κ3) is 3.50. The Kier molecular flexibility index (Phi) is 4.86. The van der Waals surface area contributed by atoms with Gasteiger partial charge < -0.3 is 5.32 Å². The van der Waals surface area contributed by atoms with E-state index < -0.39 is 0 Å². The number of rotatable bonds is 5. The predicted molar refractivity (Wildman–Crippen MR) is 79.7 cm³/mol. The number of hydrogen-bond acceptors (Lipinski definition) is 2. The summed E-state index contributed by atoms with van der Waals surface area (Å²) in [7, 11) is 0.